The SMILES string of the molecule is CC[C@H](C)[C@H](NC(=O)[C@H]1CCCCN1C)C(=O)N[C@H](C[C@@H](OC(C)=O)c1nc(C(=O)N2C(=O)[C@@H](C)C[C@@H]2Cc2ccccc2)cs1)C(C)C. The molecule has 1 aromatic heterocycles. The number of likely N-dealkylation sites (tertiary alicyclic amines) is 2. The standard InChI is InChI=1S/C37H53N5O6S/c1-8-23(4)32(40-33(44)30-16-12-13-17-41(30)7)34(45)38-28(22(2)3)20-31(48-25(6)43)35-39-29(21-49-35)37(47)42-27(18-24(5)36(42)46)19-26-14-10-9-11-15-26/h9-11,14-15,21-24,27-28,30-32H,8,12-13,16-20H2,1-7H3,(H,38,45)(H,40,44)/t23-,24-,27+,28+,30+,31+,32-/m0/s1. The molecule has 268 valence electrons. The van der Waals surface area contributed by atoms with E-state index in [1.807, 2.05) is 76.9 Å². The third kappa shape index (κ3) is 9.75. The van der Waals surface area contributed by atoms with Crippen molar-refractivity contribution in [2.75, 3.05) is 13.6 Å². The van der Waals surface area contributed by atoms with E-state index in [4.69, 9.17) is 4.74 Å². The second-order valence-corrected chi connectivity index (χ2v) is 15.0. The van der Waals surface area contributed by atoms with E-state index in [9.17, 15) is 24.0 Å². The fourth-order valence-corrected chi connectivity index (χ4v) is 7.61. The van der Waals surface area contributed by atoms with Crippen molar-refractivity contribution in [2.45, 2.75) is 117 Å². The Labute approximate surface area is 294 Å². The Hall–Kier alpha value is -3.64. The number of ether oxygens (including phenoxy) is 1. The zero-order chi connectivity index (χ0) is 35.8. The van der Waals surface area contributed by atoms with Gasteiger partial charge in [-0.25, -0.2) is 4.98 Å². The highest BCUT2D eigenvalue weighted by atomic mass is 32.1. The molecule has 2 aromatic rings. The number of amides is 4. The Balaban J connectivity index is 1.50. The first kappa shape index (κ1) is 38.2. The van der Waals surface area contributed by atoms with Gasteiger partial charge in [0.2, 0.25) is 17.7 Å². The molecule has 12 heteroatoms. The number of aromatic nitrogens is 1. The third-order valence-electron chi connectivity index (χ3n) is 9.97. The van der Waals surface area contributed by atoms with Crippen molar-refractivity contribution in [3.8, 4) is 0 Å². The van der Waals surface area contributed by atoms with Crippen LogP contribution in [0.2, 0.25) is 0 Å². The number of carbonyl (C=O) groups is 5. The first-order valence-electron chi connectivity index (χ1n) is 17.7. The molecule has 0 aliphatic carbocycles. The number of rotatable bonds is 14. The van der Waals surface area contributed by atoms with Gasteiger partial charge in [0.05, 0.1) is 6.04 Å². The largest absolute Gasteiger partial charge is 0.455 e. The smallest absolute Gasteiger partial charge is 0.303 e. The van der Waals surface area contributed by atoms with Crippen molar-refractivity contribution in [3.05, 3.63) is 52.0 Å². The van der Waals surface area contributed by atoms with Crippen LogP contribution in [-0.2, 0) is 30.3 Å². The molecule has 7 atom stereocenters. The van der Waals surface area contributed by atoms with Crippen molar-refractivity contribution < 1.29 is 28.7 Å². The maximum atomic E-state index is 13.8. The van der Waals surface area contributed by atoms with Gasteiger partial charge in [-0.1, -0.05) is 77.8 Å². The predicted molar refractivity (Wildman–Crippen MR) is 189 cm³/mol. The minimum absolute atomic E-state index is 0.0525. The molecule has 2 aliphatic rings. The summed E-state index contributed by atoms with van der Waals surface area (Å²) in [6.07, 6.45) is 3.98. The number of imide groups is 1. The first-order valence-corrected chi connectivity index (χ1v) is 18.5. The predicted octanol–water partition coefficient (Wildman–Crippen LogP) is 4.91. The van der Waals surface area contributed by atoms with Gasteiger partial charge in [0.15, 0.2) is 6.10 Å². The molecule has 2 aliphatic heterocycles. The molecular formula is C37H53N5O6S. The van der Waals surface area contributed by atoms with E-state index in [1.165, 1.54) is 23.2 Å². The molecule has 0 bridgehead atoms. The maximum absolute atomic E-state index is 13.8. The first-order chi connectivity index (χ1) is 23.3. The summed E-state index contributed by atoms with van der Waals surface area (Å²) in [6, 6.07) is 8.06. The van der Waals surface area contributed by atoms with E-state index in [1.54, 1.807) is 5.38 Å². The average molecular weight is 696 g/mol. The number of nitrogens with one attached hydrogen (secondary N) is 2. The van der Waals surface area contributed by atoms with Gasteiger partial charge in [-0.05, 0) is 56.7 Å². The van der Waals surface area contributed by atoms with Crippen LogP contribution in [0.4, 0.5) is 0 Å². The quantitative estimate of drug-likeness (QED) is 0.210. The molecule has 4 amide bonds. The van der Waals surface area contributed by atoms with Crippen LogP contribution in [0.15, 0.2) is 35.7 Å². The summed E-state index contributed by atoms with van der Waals surface area (Å²) in [5, 5.41) is 8.18. The lowest BCUT2D eigenvalue weighted by molar-refractivity contribution is -0.147. The van der Waals surface area contributed by atoms with E-state index in [0.717, 1.165) is 31.4 Å². The molecule has 3 heterocycles. The molecule has 2 N–H and O–H groups in total. The molecule has 0 saturated carbocycles. The van der Waals surface area contributed by atoms with Gasteiger partial charge in [-0.15, -0.1) is 11.3 Å². The summed E-state index contributed by atoms with van der Waals surface area (Å²) in [7, 11) is 1.94. The Bertz CT molecular complexity index is 1460. The van der Waals surface area contributed by atoms with Gasteiger partial charge in [0.1, 0.15) is 16.7 Å². The molecule has 0 radical (unpaired) electrons. The van der Waals surface area contributed by atoms with Crippen LogP contribution in [0, 0.1) is 17.8 Å². The summed E-state index contributed by atoms with van der Waals surface area (Å²) in [5.74, 6) is -2.09. The van der Waals surface area contributed by atoms with Crippen LogP contribution in [0.25, 0.3) is 0 Å². The van der Waals surface area contributed by atoms with Gasteiger partial charge in [-0.2, -0.15) is 0 Å². The number of likely N-dealkylation sites (N-methyl/N-ethyl adjacent to an activating group) is 1. The zero-order valence-corrected chi connectivity index (χ0v) is 30.8. The Morgan fingerprint density at radius 2 is 1.80 bits per heavy atom. The number of hydrogen-bond acceptors (Lipinski definition) is 9. The number of benzene rings is 1. The minimum Gasteiger partial charge on any atom is -0.455 e. The maximum Gasteiger partial charge on any atom is 0.303 e. The second kappa shape index (κ2) is 17.3. The number of carbonyl (C=O) groups excluding carboxylic acids is 5. The van der Waals surface area contributed by atoms with E-state index < -0.39 is 30.1 Å². The average Bonchev–Trinajstić information content (AvgIpc) is 3.67. The highest BCUT2D eigenvalue weighted by molar-refractivity contribution is 7.09. The van der Waals surface area contributed by atoms with E-state index in [2.05, 4.69) is 15.6 Å². The molecule has 4 rings (SSSR count). The topological polar surface area (TPSA) is 138 Å². The Morgan fingerprint density at radius 3 is 2.43 bits per heavy atom. The number of hydrogen-bond donors (Lipinski definition) is 2. The number of thiazole rings is 1. The van der Waals surface area contributed by atoms with Crippen LogP contribution in [0.5, 0.6) is 0 Å². The molecule has 49 heavy (non-hydrogen) atoms. The van der Waals surface area contributed by atoms with Crippen molar-refractivity contribution in [3.63, 3.8) is 0 Å². The molecule has 11 nitrogen and oxygen atoms in total. The Kier molecular flexibility index (Phi) is 13.5. The summed E-state index contributed by atoms with van der Waals surface area (Å²) in [4.78, 5) is 74.3. The highest BCUT2D eigenvalue weighted by Crippen LogP contribution is 2.32. The normalized spacial score (nSPS) is 22.3. The summed E-state index contributed by atoms with van der Waals surface area (Å²) >= 11 is 1.18. The minimum atomic E-state index is -0.836. The second-order valence-electron chi connectivity index (χ2n) is 14.1. The van der Waals surface area contributed by atoms with Gasteiger partial charge in [-0.3, -0.25) is 33.8 Å². The molecule has 0 spiro atoms. The number of piperidine rings is 1. The summed E-state index contributed by atoms with van der Waals surface area (Å²) < 4.78 is 5.73. The van der Waals surface area contributed by atoms with Crippen LogP contribution >= 0.6 is 11.3 Å². The van der Waals surface area contributed by atoms with Crippen molar-refractivity contribution in [1.29, 1.82) is 0 Å². The lowest BCUT2D eigenvalue weighted by Crippen LogP contribution is -2.57. The van der Waals surface area contributed by atoms with Crippen LogP contribution in [0.1, 0.15) is 107 Å². The van der Waals surface area contributed by atoms with Crippen LogP contribution < -0.4 is 10.6 Å². The van der Waals surface area contributed by atoms with Crippen LogP contribution in [-0.4, -0.2) is 82.1 Å². The lowest BCUT2D eigenvalue weighted by atomic mass is 9.94. The van der Waals surface area contributed by atoms with Gasteiger partial charge in [0.25, 0.3) is 5.91 Å². The fraction of sp³-hybridized carbons (Fsp3) is 0.622. The number of esters is 1. The summed E-state index contributed by atoms with van der Waals surface area (Å²) in [6.45, 7) is 11.9. The van der Waals surface area contributed by atoms with E-state index in [0.29, 0.717) is 24.3 Å². The van der Waals surface area contributed by atoms with E-state index in [-0.39, 0.29) is 59.7 Å². The van der Waals surface area contributed by atoms with Gasteiger partial charge >= 0.3 is 5.97 Å². The zero-order valence-electron chi connectivity index (χ0n) is 29.9. The van der Waals surface area contributed by atoms with Gasteiger partial charge < -0.3 is 15.4 Å². The van der Waals surface area contributed by atoms with Crippen molar-refractivity contribution in [1.82, 2.24) is 25.4 Å². The highest BCUT2D eigenvalue weighted by Gasteiger charge is 2.42. The fourth-order valence-electron chi connectivity index (χ4n) is 6.77. The van der Waals surface area contributed by atoms with E-state index >= 15 is 0 Å². The number of nitrogens with zero attached hydrogens (tertiary/aromatic N) is 3. The molecule has 1 aromatic carbocycles. The van der Waals surface area contributed by atoms with Crippen molar-refractivity contribution in [2.24, 2.45) is 17.8 Å². The molecule has 2 saturated heterocycles. The third-order valence-corrected chi connectivity index (χ3v) is 10.9. The molecule has 2 fully saturated rings. The van der Waals surface area contributed by atoms with Gasteiger partial charge in [0, 0.05) is 36.7 Å². The monoisotopic (exact) mass is 695 g/mol. The Morgan fingerprint density at radius 1 is 1.08 bits per heavy atom. The van der Waals surface area contributed by atoms with Crippen LogP contribution in [0.3, 0.4) is 0 Å². The molecular weight excluding hydrogens is 643 g/mol. The lowest BCUT2D eigenvalue weighted by Gasteiger charge is -2.34. The summed E-state index contributed by atoms with van der Waals surface area (Å²) in [5.41, 5.74) is 1.16. The molecule has 0 unspecified atom stereocenters. The van der Waals surface area contributed by atoms with Crippen molar-refractivity contribution >= 4 is 40.9 Å².